The monoisotopic (exact) mass is 264 g/mol. The number of fused-ring (bicyclic) bond motifs is 1. The van der Waals surface area contributed by atoms with E-state index < -0.39 is 0 Å². The quantitative estimate of drug-likeness (QED) is 0.791. The van der Waals surface area contributed by atoms with Crippen molar-refractivity contribution in [2.24, 2.45) is 0 Å². The minimum atomic E-state index is 0.384. The summed E-state index contributed by atoms with van der Waals surface area (Å²) in [6.45, 7) is 4.59. The van der Waals surface area contributed by atoms with Gasteiger partial charge in [0, 0.05) is 0 Å². The van der Waals surface area contributed by atoms with Crippen molar-refractivity contribution in [2.45, 2.75) is 25.5 Å². The number of aromatic nitrogens is 3. The van der Waals surface area contributed by atoms with E-state index >= 15 is 0 Å². The molecule has 2 heterocycles. The van der Waals surface area contributed by atoms with E-state index in [2.05, 4.69) is 22.1 Å². The minimum absolute atomic E-state index is 0.384. The maximum Gasteiger partial charge on any atom is 0.131 e. The van der Waals surface area contributed by atoms with E-state index in [4.69, 9.17) is 4.62 Å². The van der Waals surface area contributed by atoms with Gasteiger partial charge in [0.1, 0.15) is 19.8 Å². The summed E-state index contributed by atoms with van der Waals surface area (Å²) in [5, 5.41) is 8.10. The number of hydrogen-bond acceptors (Lipinski definition) is 4. The molecular formula is C12H17N4OP. The predicted octanol–water partition coefficient (Wildman–Crippen LogP) is 1.90. The molecule has 1 aliphatic rings. The Labute approximate surface area is 108 Å². The van der Waals surface area contributed by atoms with Crippen LogP contribution in [-0.4, -0.2) is 38.9 Å². The van der Waals surface area contributed by atoms with E-state index in [-0.39, 0.29) is 0 Å². The zero-order valence-corrected chi connectivity index (χ0v) is 11.4. The lowest BCUT2D eigenvalue weighted by molar-refractivity contribution is 0.249. The summed E-state index contributed by atoms with van der Waals surface area (Å²) in [6.07, 6.45) is 2.61. The first kappa shape index (κ1) is 11.9. The van der Waals surface area contributed by atoms with Crippen molar-refractivity contribution in [3.8, 4) is 0 Å². The van der Waals surface area contributed by atoms with Gasteiger partial charge in [-0.15, -0.1) is 5.10 Å². The van der Waals surface area contributed by atoms with Gasteiger partial charge in [-0.25, -0.2) is 0 Å². The first-order valence-corrected chi connectivity index (χ1v) is 7.30. The fraction of sp³-hybridized carbons (Fsp3) is 0.500. The Balaban J connectivity index is 1.65. The average Bonchev–Trinajstić information content (AvgIpc) is 3.06. The van der Waals surface area contributed by atoms with Crippen molar-refractivity contribution in [1.29, 1.82) is 0 Å². The summed E-state index contributed by atoms with van der Waals surface area (Å²) >= 11 is 0. The molecule has 0 spiro atoms. The average molecular weight is 264 g/mol. The topological polar surface area (TPSA) is 43.2 Å². The van der Waals surface area contributed by atoms with Crippen LogP contribution in [0.1, 0.15) is 19.8 Å². The summed E-state index contributed by atoms with van der Waals surface area (Å²) in [7, 11) is 0.384. The molecule has 2 aromatic rings. The molecule has 2 unspecified atom stereocenters. The van der Waals surface area contributed by atoms with Gasteiger partial charge >= 0.3 is 0 Å². The highest BCUT2D eigenvalue weighted by atomic mass is 31.1. The Hall–Kier alpha value is -1.19. The number of hydrogen-bond donors (Lipinski definition) is 0. The SMILES string of the molecule is CC(POn1nnc2ccccc21)N1CCCC1. The lowest BCUT2D eigenvalue weighted by Gasteiger charge is -2.22. The van der Waals surface area contributed by atoms with E-state index in [0.717, 1.165) is 11.0 Å². The Morgan fingerprint density at radius 3 is 2.89 bits per heavy atom. The lowest BCUT2D eigenvalue weighted by atomic mass is 10.3. The molecular weight excluding hydrogens is 247 g/mol. The van der Waals surface area contributed by atoms with Gasteiger partial charge in [-0.3, -0.25) is 4.90 Å². The third kappa shape index (κ3) is 2.33. The zero-order chi connectivity index (χ0) is 12.4. The molecule has 0 bridgehead atoms. The van der Waals surface area contributed by atoms with Gasteiger partial charge in [0.15, 0.2) is 0 Å². The van der Waals surface area contributed by atoms with Gasteiger partial charge in [-0.2, -0.15) is 0 Å². The molecule has 0 radical (unpaired) electrons. The van der Waals surface area contributed by atoms with Gasteiger partial charge in [0.25, 0.3) is 0 Å². The lowest BCUT2D eigenvalue weighted by Crippen LogP contribution is -2.27. The van der Waals surface area contributed by atoms with Gasteiger partial charge in [-0.1, -0.05) is 17.0 Å². The molecule has 96 valence electrons. The largest absolute Gasteiger partial charge is 0.378 e. The second-order valence-corrected chi connectivity index (χ2v) is 5.83. The van der Waals surface area contributed by atoms with Crippen LogP contribution in [0.4, 0.5) is 0 Å². The molecule has 0 amide bonds. The molecule has 3 rings (SSSR count). The summed E-state index contributed by atoms with van der Waals surface area (Å²) in [6, 6.07) is 7.84. The molecule has 0 aliphatic carbocycles. The van der Waals surface area contributed by atoms with Crippen LogP contribution in [0.2, 0.25) is 0 Å². The predicted molar refractivity (Wildman–Crippen MR) is 72.7 cm³/mol. The van der Waals surface area contributed by atoms with E-state index in [1.165, 1.54) is 25.9 Å². The zero-order valence-electron chi connectivity index (χ0n) is 10.4. The minimum Gasteiger partial charge on any atom is -0.378 e. The summed E-state index contributed by atoms with van der Waals surface area (Å²) in [5.41, 5.74) is 1.80. The molecule has 1 aromatic carbocycles. The van der Waals surface area contributed by atoms with Crippen molar-refractivity contribution in [3.63, 3.8) is 0 Å². The van der Waals surface area contributed by atoms with E-state index in [0.29, 0.717) is 14.6 Å². The maximum absolute atomic E-state index is 5.76. The second kappa shape index (κ2) is 5.21. The van der Waals surface area contributed by atoms with Crippen LogP contribution in [0, 0.1) is 0 Å². The Bertz CT molecular complexity index is 524. The molecule has 18 heavy (non-hydrogen) atoms. The van der Waals surface area contributed by atoms with Crippen LogP contribution >= 0.6 is 8.81 Å². The standard InChI is InChI=1S/C12H17N4OP/c1-10(15-8-4-5-9-15)18-17-16-12-7-3-2-6-11(12)13-14-16/h2-3,6-7,10,18H,4-5,8-9H2,1H3. The van der Waals surface area contributed by atoms with Crippen molar-refractivity contribution in [3.05, 3.63) is 24.3 Å². The van der Waals surface area contributed by atoms with Gasteiger partial charge < -0.3 is 4.62 Å². The fourth-order valence-electron chi connectivity index (χ4n) is 2.24. The molecule has 1 aromatic heterocycles. The van der Waals surface area contributed by atoms with Crippen molar-refractivity contribution < 1.29 is 4.62 Å². The third-order valence-electron chi connectivity index (χ3n) is 3.32. The fourth-order valence-corrected chi connectivity index (χ4v) is 3.04. The highest BCUT2D eigenvalue weighted by Gasteiger charge is 2.19. The van der Waals surface area contributed by atoms with E-state index in [9.17, 15) is 0 Å². The second-order valence-electron chi connectivity index (χ2n) is 4.58. The van der Waals surface area contributed by atoms with Crippen LogP contribution in [0.15, 0.2) is 24.3 Å². The normalized spacial score (nSPS) is 18.9. The number of rotatable bonds is 4. The van der Waals surface area contributed by atoms with Crippen LogP contribution in [0.5, 0.6) is 0 Å². The third-order valence-corrected chi connectivity index (χ3v) is 4.30. The molecule has 0 saturated carbocycles. The van der Waals surface area contributed by atoms with Crippen LogP contribution < -0.4 is 4.62 Å². The molecule has 1 saturated heterocycles. The Morgan fingerprint density at radius 1 is 1.28 bits per heavy atom. The maximum atomic E-state index is 5.76. The summed E-state index contributed by atoms with van der Waals surface area (Å²) < 4.78 is 5.76. The van der Waals surface area contributed by atoms with Crippen molar-refractivity contribution in [2.75, 3.05) is 13.1 Å². The van der Waals surface area contributed by atoms with Crippen LogP contribution in [0.3, 0.4) is 0 Å². The molecule has 2 atom stereocenters. The number of nitrogens with zero attached hydrogens (tertiary/aromatic N) is 4. The first-order chi connectivity index (χ1) is 8.84. The number of para-hydroxylation sites is 1. The first-order valence-electron chi connectivity index (χ1n) is 6.32. The van der Waals surface area contributed by atoms with E-state index in [1.807, 2.05) is 24.3 Å². The van der Waals surface area contributed by atoms with Crippen LogP contribution in [-0.2, 0) is 0 Å². The van der Waals surface area contributed by atoms with Crippen molar-refractivity contribution >= 4 is 19.8 Å². The smallest absolute Gasteiger partial charge is 0.131 e. The number of likely N-dealkylation sites (tertiary alicyclic amines) is 1. The molecule has 0 N–H and O–H groups in total. The molecule has 5 nitrogen and oxygen atoms in total. The Morgan fingerprint density at radius 2 is 2.06 bits per heavy atom. The highest BCUT2D eigenvalue weighted by Crippen LogP contribution is 2.24. The molecule has 1 fully saturated rings. The highest BCUT2D eigenvalue weighted by molar-refractivity contribution is 7.33. The summed E-state index contributed by atoms with van der Waals surface area (Å²) in [5.74, 6) is 0.454. The molecule has 6 heteroatoms. The molecule has 1 aliphatic heterocycles. The van der Waals surface area contributed by atoms with Gasteiger partial charge in [-0.05, 0) is 50.2 Å². The van der Waals surface area contributed by atoms with Gasteiger partial charge in [0.2, 0.25) is 0 Å². The van der Waals surface area contributed by atoms with Crippen LogP contribution in [0.25, 0.3) is 11.0 Å². The van der Waals surface area contributed by atoms with E-state index in [1.54, 1.807) is 4.85 Å². The van der Waals surface area contributed by atoms with Crippen molar-refractivity contribution in [1.82, 2.24) is 20.1 Å². The number of benzene rings is 1. The van der Waals surface area contributed by atoms with Gasteiger partial charge in [0.05, 0.1) is 5.78 Å². The Kier molecular flexibility index (Phi) is 3.43. The summed E-state index contributed by atoms with van der Waals surface area (Å²) in [4.78, 5) is 4.01.